The van der Waals surface area contributed by atoms with E-state index < -0.39 is 97.5 Å². The van der Waals surface area contributed by atoms with Crippen LogP contribution >= 0.6 is 15.6 Å². The fourth-order valence-corrected chi connectivity index (χ4v) is 11.7. The van der Waals surface area contributed by atoms with Gasteiger partial charge in [0.15, 0.2) is 12.2 Å². The SMILES string of the molecule is CCCCCCCCCCCCCCCCC(=O)OC[C@H](COP(=O)(O)OC[C@@H](O)COP(=O)(O)OC[C@@H](COC(=O)CCCCCCCCCC)OC(=O)CCCCCCCCC(C)CC)OC(=O)CCCCCCCCCCCCCCCC. The fraction of sp³-hybridized carbons (Fsp3) is 0.940. The highest BCUT2D eigenvalue weighted by Gasteiger charge is 2.30. The number of aliphatic hydroxyl groups is 1. The molecule has 86 heavy (non-hydrogen) atoms. The summed E-state index contributed by atoms with van der Waals surface area (Å²) in [7, 11) is -9.89. The molecule has 3 N–H and O–H groups in total. The largest absolute Gasteiger partial charge is 0.472 e. The van der Waals surface area contributed by atoms with Gasteiger partial charge in [0.1, 0.15) is 19.3 Å². The molecule has 17 nitrogen and oxygen atoms in total. The maximum atomic E-state index is 13.0. The lowest BCUT2D eigenvalue weighted by atomic mass is 10.00. The van der Waals surface area contributed by atoms with Gasteiger partial charge in [-0.25, -0.2) is 9.13 Å². The molecule has 0 aromatic heterocycles. The maximum absolute atomic E-state index is 13.0. The van der Waals surface area contributed by atoms with Crippen molar-refractivity contribution in [3.8, 4) is 0 Å². The summed E-state index contributed by atoms with van der Waals surface area (Å²) in [6, 6.07) is 0. The molecule has 0 bridgehead atoms. The minimum atomic E-state index is -4.95. The van der Waals surface area contributed by atoms with Gasteiger partial charge < -0.3 is 33.8 Å². The zero-order chi connectivity index (χ0) is 63.5. The summed E-state index contributed by atoms with van der Waals surface area (Å²) in [6.07, 6.45) is 45.8. The number of carbonyl (C=O) groups excluding carboxylic acids is 4. The Hall–Kier alpha value is -1.94. The number of rotatable bonds is 67. The summed E-state index contributed by atoms with van der Waals surface area (Å²) in [4.78, 5) is 72.3. The van der Waals surface area contributed by atoms with Crippen molar-refractivity contribution in [2.45, 2.75) is 361 Å². The monoisotopic (exact) mass is 1270 g/mol. The molecule has 6 atom stereocenters. The van der Waals surface area contributed by atoms with Crippen molar-refractivity contribution in [1.29, 1.82) is 0 Å². The van der Waals surface area contributed by atoms with E-state index >= 15 is 0 Å². The summed E-state index contributed by atoms with van der Waals surface area (Å²) in [6.45, 7) is 7.15. The van der Waals surface area contributed by atoms with Gasteiger partial charge in [0, 0.05) is 25.7 Å². The van der Waals surface area contributed by atoms with Gasteiger partial charge in [0.25, 0.3) is 0 Å². The lowest BCUT2D eigenvalue weighted by molar-refractivity contribution is -0.161. The van der Waals surface area contributed by atoms with Crippen LogP contribution in [0.15, 0.2) is 0 Å². The Balaban J connectivity index is 5.22. The number of hydrogen-bond acceptors (Lipinski definition) is 15. The van der Waals surface area contributed by atoms with Crippen LogP contribution in [0.4, 0.5) is 0 Å². The Morgan fingerprint density at radius 1 is 0.326 bits per heavy atom. The van der Waals surface area contributed by atoms with E-state index in [-0.39, 0.29) is 25.7 Å². The van der Waals surface area contributed by atoms with E-state index in [4.69, 9.17) is 37.0 Å². The molecule has 0 fully saturated rings. The summed E-state index contributed by atoms with van der Waals surface area (Å²) >= 11 is 0. The highest BCUT2D eigenvalue weighted by molar-refractivity contribution is 7.47. The normalized spacial score (nSPS) is 14.5. The smallest absolute Gasteiger partial charge is 0.462 e. The highest BCUT2D eigenvalue weighted by atomic mass is 31.2. The molecule has 0 aromatic carbocycles. The topological polar surface area (TPSA) is 237 Å². The van der Waals surface area contributed by atoms with Crippen LogP contribution in [0.1, 0.15) is 343 Å². The summed E-state index contributed by atoms with van der Waals surface area (Å²) in [5, 5.41) is 10.6. The second kappa shape index (κ2) is 60.6. The summed E-state index contributed by atoms with van der Waals surface area (Å²) < 4.78 is 68.1. The lowest BCUT2D eigenvalue weighted by Gasteiger charge is -2.21. The Kier molecular flexibility index (Phi) is 59.2. The molecule has 0 aromatic rings. The van der Waals surface area contributed by atoms with Crippen molar-refractivity contribution < 1.29 is 80.2 Å². The second-order valence-corrected chi connectivity index (χ2v) is 27.4. The third-order valence-corrected chi connectivity index (χ3v) is 17.8. The zero-order valence-electron chi connectivity index (χ0n) is 55.4. The fourth-order valence-electron chi connectivity index (χ4n) is 10.1. The first-order valence-corrected chi connectivity index (χ1v) is 38.2. The van der Waals surface area contributed by atoms with Gasteiger partial charge in [0.2, 0.25) is 0 Å². The molecule has 0 amide bonds. The van der Waals surface area contributed by atoms with E-state index in [0.29, 0.717) is 25.7 Å². The van der Waals surface area contributed by atoms with Crippen LogP contribution in [-0.2, 0) is 65.4 Å². The van der Waals surface area contributed by atoms with Crippen LogP contribution in [0.5, 0.6) is 0 Å². The standard InChI is InChI=1S/C67H130O17P2/c1-6-10-13-16-19-22-24-26-28-30-32-35-41-46-51-65(70)78-56-62(83-66(71)52-47-42-36-33-31-29-27-25-23-20-17-14-11-7-2)58-81-85(73,74)79-54-61(68)55-80-86(75,76)82-59-63(57-77-64(69)50-45-40-34-21-18-15-12-8-3)84-67(72)53-48-43-38-37-39-44-49-60(5)9-4/h60-63,68H,6-59H2,1-5H3,(H,73,74)(H,75,76)/t60?,61-,62-,63-/m1/s1. The van der Waals surface area contributed by atoms with Crippen LogP contribution in [-0.4, -0.2) is 96.7 Å². The van der Waals surface area contributed by atoms with Gasteiger partial charge in [-0.2, -0.15) is 0 Å². The summed E-state index contributed by atoms with van der Waals surface area (Å²) in [5.41, 5.74) is 0. The molecule has 0 aliphatic rings. The first kappa shape index (κ1) is 84.1. The number of unbranched alkanes of at least 4 members (excludes halogenated alkanes) is 38. The molecule has 0 saturated heterocycles. The van der Waals surface area contributed by atoms with Crippen LogP contribution in [0.2, 0.25) is 0 Å². The molecular formula is C67H130O17P2. The van der Waals surface area contributed by atoms with E-state index in [1.165, 1.54) is 161 Å². The number of phosphoric ester groups is 2. The zero-order valence-corrected chi connectivity index (χ0v) is 57.2. The number of hydrogen-bond donors (Lipinski definition) is 3. The molecular weight excluding hydrogens is 1140 g/mol. The average Bonchev–Trinajstić information content (AvgIpc) is 3.54. The van der Waals surface area contributed by atoms with Crippen molar-refractivity contribution in [2.24, 2.45) is 5.92 Å². The van der Waals surface area contributed by atoms with Crippen molar-refractivity contribution in [2.75, 3.05) is 39.6 Å². The molecule has 0 rings (SSSR count). The Labute approximate surface area is 524 Å². The van der Waals surface area contributed by atoms with Crippen LogP contribution in [0.3, 0.4) is 0 Å². The minimum absolute atomic E-state index is 0.103. The molecule has 0 radical (unpaired) electrons. The Bertz CT molecular complexity index is 1670. The van der Waals surface area contributed by atoms with Crippen molar-refractivity contribution >= 4 is 39.5 Å². The Morgan fingerprint density at radius 3 is 0.826 bits per heavy atom. The minimum Gasteiger partial charge on any atom is -0.462 e. The number of aliphatic hydroxyl groups excluding tert-OH is 1. The van der Waals surface area contributed by atoms with E-state index in [9.17, 15) is 43.2 Å². The molecule has 0 aliphatic carbocycles. The predicted molar refractivity (Wildman–Crippen MR) is 345 cm³/mol. The quantitative estimate of drug-likeness (QED) is 0.0222. The predicted octanol–water partition coefficient (Wildman–Crippen LogP) is 19.0. The molecule has 0 aliphatic heterocycles. The lowest BCUT2D eigenvalue weighted by Crippen LogP contribution is -2.30. The average molecular weight is 1270 g/mol. The van der Waals surface area contributed by atoms with Gasteiger partial charge in [-0.05, 0) is 31.6 Å². The molecule has 0 heterocycles. The molecule has 510 valence electrons. The van der Waals surface area contributed by atoms with Crippen LogP contribution in [0, 0.1) is 5.92 Å². The van der Waals surface area contributed by atoms with Gasteiger partial charge in [-0.1, -0.05) is 291 Å². The van der Waals surface area contributed by atoms with E-state index in [2.05, 4.69) is 34.6 Å². The number of carbonyl (C=O) groups is 4. The van der Waals surface area contributed by atoms with Gasteiger partial charge in [0.05, 0.1) is 26.4 Å². The van der Waals surface area contributed by atoms with E-state index in [0.717, 1.165) is 102 Å². The molecule has 0 saturated carbocycles. The molecule has 3 unspecified atom stereocenters. The summed E-state index contributed by atoms with van der Waals surface area (Å²) in [5.74, 6) is -1.41. The first-order valence-electron chi connectivity index (χ1n) is 35.2. The Morgan fingerprint density at radius 2 is 0.558 bits per heavy atom. The number of phosphoric acid groups is 2. The van der Waals surface area contributed by atoms with Crippen molar-refractivity contribution in [3.05, 3.63) is 0 Å². The third kappa shape index (κ3) is 59.7. The first-order chi connectivity index (χ1) is 41.6. The van der Waals surface area contributed by atoms with E-state index in [1.54, 1.807) is 0 Å². The second-order valence-electron chi connectivity index (χ2n) is 24.5. The van der Waals surface area contributed by atoms with Gasteiger partial charge in [-0.3, -0.25) is 37.3 Å². The van der Waals surface area contributed by atoms with Crippen LogP contribution in [0.25, 0.3) is 0 Å². The number of ether oxygens (including phenoxy) is 4. The van der Waals surface area contributed by atoms with Crippen molar-refractivity contribution in [3.63, 3.8) is 0 Å². The van der Waals surface area contributed by atoms with Crippen molar-refractivity contribution in [1.82, 2.24) is 0 Å². The molecule has 19 heteroatoms. The molecule has 0 spiro atoms. The van der Waals surface area contributed by atoms with E-state index in [1.807, 2.05) is 0 Å². The van der Waals surface area contributed by atoms with Gasteiger partial charge in [-0.15, -0.1) is 0 Å². The van der Waals surface area contributed by atoms with Crippen LogP contribution < -0.4 is 0 Å². The maximum Gasteiger partial charge on any atom is 0.472 e. The third-order valence-electron chi connectivity index (χ3n) is 15.9. The van der Waals surface area contributed by atoms with Gasteiger partial charge >= 0.3 is 39.5 Å². The number of esters is 4. The highest BCUT2D eigenvalue weighted by Crippen LogP contribution is 2.45.